The summed E-state index contributed by atoms with van der Waals surface area (Å²) in [6.07, 6.45) is 4.66. The topological polar surface area (TPSA) is 84.6 Å². The van der Waals surface area contributed by atoms with E-state index in [0.717, 1.165) is 0 Å². The second-order valence-electron chi connectivity index (χ2n) is 4.98. The van der Waals surface area contributed by atoms with E-state index in [2.05, 4.69) is 5.32 Å². The maximum absolute atomic E-state index is 11.8. The van der Waals surface area contributed by atoms with Crippen LogP contribution in [0.5, 0.6) is 0 Å². The molecule has 0 aromatic rings. The molecule has 0 saturated carbocycles. The molecule has 5 heteroatoms. The largest absolute Gasteiger partial charge is 0.385 e. The molecule has 4 N–H and O–H groups in total. The fourth-order valence-electron chi connectivity index (χ4n) is 2.30. The molecule has 0 spiro atoms. The summed E-state index contributed by atoms with van der Waals surface area (Å²) in [5, 5.41) is 13.0. The summed E-state index contributed by atoms with van der Waals surface area (Å²) < 4.78 is 5.31. The number of amides is 1. The van der Waals surface area contributed by atoms with Crippen LogP contribution in [0.2, 0.25) is 0 Å². The molecule has 17 heavy (non-hydrogen) atoms. The molecule has 1 heterocycles. The maximum Gasteiger partial charge on any atom is 0.227 e. The quantitative estimate of drug-likeness (QED) is 0.583. The normalized spacial score (nSPS) is 40.8. The molecule has 2 aliphatic rings. The van der Waals surface area contributed by atoms with Gasteiger partial charge in [0.15, 0.2) is 0 Å². The average molecular weight is 240 g/mol. The van der Waals surface area contributed by atoms with Gasteiger partial charge >= 0.3 is 0 Å². The van der Waals surface area contributed by atoms with Gasteiger partial charge in [-0.1, -0.05) is 12.2 Å². The highest BCUT2D eigenvalue weighted by molar-refractivity contribution is 5.81. The lowest BCUT2D eigenvalue weighted by atomic mass is 9.96. The Balaban J connectivity index is 1.82. The summed E-state index contributed by atoms with van der Waals surface area (Å²) >= 11 is 0. The first-order valence-corrected chi connectivity index (χ1v) is 6.07. The fraction of sp³-hybridized carbons (Fsp3) is 0.750. The molecule has 1 aliphatic carbocycles. The van der Waals surface area contributed by atoms with Gasteiger partial charge in [-0.05, 0) is 13.3 Å². The number of rotatable bonds is 3. The molecule has 1 fully saturated rings. The summed E-state index contributed by atoms with van der Waals surface area (Å²) in [4.78, 5) is 11.8. The van der Waals surface area contributed by atoms with Crippen LogP contribution in [0.1, 0.15) is 19.8 Å². The molecule has 0 radical (unpaired) electrons. The first-order valence-electron chi connectivity index (χ1n) is 6.07. The lowest BCUT2D eigenvalue weighted by Crippen LogP contribution is -2.48. The Kier molecular flexibility index (Phi) is 3.51. The second-order valence-corrected chi connectivity index (χ2v) is 4.98. The lowest BCUT2D eigenvalue weighted by molar-refractivity contribution is -0.125. The van der Waals surface area contributed by atoms with Crippen molar-refractivity contribution in [2.24, 2.45) is 11.7 Å². The van der Waals surface area contributed by atoms with Crippen molar-refractivity contribution in [1.82, 2.24) is 5.32 Å². The van der Waals surface area contributed by atoms with Gasteiger partial charge in [0.05, 0.1) is 12.0 Å². The van der Waals surface area contributed by atoms with E-state index in [1.54, 1.807) is 0 Å². The Morgan fingerprint density at radius 3 is 2.94 bits per heavy atom. The van der Waals surface area contributed by atoms with E-state index in [0.29, 0.717) is 19.4 Å². The van der Waals surface area contributed by atoms with Crippen LogP contribution in [0, 0.1) is 5.92 Å². The minimum Gasteiger partial charge on any atom is -0.385 e. The standard InChI is InChI=1S/C12H20N2O3/c1-8-12(16,4-5-17-8)7-14-11(15)9-2-3-10(13)6-9/h2-3,8-10,16H,4-7,13H2,1H3,(H,14,15). The monoisotopic (exact) mass is 240 g/mol. The van der Waals surface area contributed by atoms with E-state index < -0.39 is 5.60 Å². The highest BCUT2D eigenvalue weighted by atomic mass is 16.5. The van der Waals surface area contributed by atoms with Crippen molar-refractivity contribution in [1.29, 1.82) is 0 Å². The van der Waals surface area contributed by atoms with E-state index in [9.17, 15) is 9.90 Å². The molecular weight excluding hydrogens is 220 g/mol. The van der Waals surface area contributed by atoms with Gasteiger partial charge in [0, 0.05) is 25.6 Å². The van der Waals surface area contributed by atoms with Crippen LogP contribution >= 0.6 is 0 Å². The molecule has 96 valence electrons. The molecule has 1 amide bonds. The van der Waals surface area contributed by atoms with Crippen LogP contribution in [0.4, 0.5) is 0 Å². The molecule has 1 saturated heterocycles. The van der Waals surface area contributed by atoms with Crippen LogP contribution in [0.3, 0.4) is 0 Å². The van der Waals surface area contributed by atoms with Gasteiger partial charge in [-0.15, -0.1) is 0 Å². The smallest absolute Gasteiger partial charge is 0.227 e. The maximum atomic E-state index is 11.8. The number of hydrogen-bond acceptors (Lipinski definition) is 4. The predicted molar refractivity (Wildman–Crippen MR) is 63.2 cm³/mol. The molecule has 0 aromatic carbocycles. The van der Waals surface area contributed by atoms with E-state index in [-0.39, 0.29) is 30.5 Å². The van der Waals surface area contributed by atoms with Crippen LogP contribution in [0.25, 0.3) is 0 Å². The molecular formula is C12H20N2O3. The van der Waals surface area contributed by atoms with Crippen molar-refractivity contribution < 1.29 is 14.6 Å². The van der Waals surface area contributed by atoms with Crippen molar-refractivity contribution in [2.45, 2.75) is 37.5 Å². The summed E-state index contributed by atoms with van der Waals surface area (Å²) in [7, 11) is 0. The summed E-state index contributed by atoms with van der Waals surface area (Å²) in [5.41, 5.74) is 4.76. The third-order valence-electron chi connectivity index (χ3n) is 3.68. The Labute approximate surface area is 101 Å². The summed E-state index contributed by atoms with van der Waals surface area (Å²) in [6, 6.07) is -0.0254. The van der Waals surface area contributed by atoms with Gasteiger partial charge in [0.25, 0.3) is 0 Å². The number of carbonyl (C=O) groups excluding carboxylic acids is 1. The minimum atomic E-state index is -0.930. The highest BCUT2D eigenvalue weighted by Crippen LogP contribution is 2.25. The predicted octanol–water partition coefficient (Wildman–Crippen LogP) is -0.454. The number of ether oxygens (including phenoxy) is 1. The third-order valence-corrected chi connectivity index (χ3v) is 3.68. The summed E-state index contributed by atoms with van der Waals surface area (Å²) in [6.45, 7) is 2.61. The minimum absolute atomic E-state index is 0.0254. The van der Waals surface area contributed by atoms with E-state index in [1.807, 2.05) is 19.1 Å². The van der Waals surface area contributed by atoms with Crippen LogP contribution in [0.15, 0.2) is 12.2 Å². The molecule has 2 rings (SSSR count). The van der Waals surface area contributed by atoms with E-state index in [4.69, 9.17) is 10.5 Å². The Bertz CT molecular complexity index is 332. The van der Waals surface area contributed by atoms with Crippen molar-refractivity contribution in [3.05, 3.63) is 12.2 Å². The van der Waals surface area contributed by atoms with Gasteiger partial charge in [-0.2, -0.15) is 0 Å². The fourth-order valence-corrected chi connectivity index (χ4v) is 2.30. The van der Waals surface area contributed by atoms with Crippen molar-refractivity contribution in [2.75, 3.05) is 13.2 Å². The zero-order chi connectivity index (χ0) is 12.5. The van der Waals surface area contributed by atoms with Gasteiger partial charge in [0.2, 0.25) is 5.91 Å². The van der Waals surface area contributed by atoms with Crippen LogP contribution in [-0.4, -0.2) is 41.9 Å². The number of nitrogens with two attached hydrogens (primary N) is 1. The van der Waals surface area contributed by atoms with Crippen molar-refractivity contribution in [3.63, 3.8) is 0 Å². The van der Waals surface area contributed by atoms with Gasteiger partial charge in [0.1, 0.15) is 5.60 Å². The molecule has 4 atom stereocenters. The first-order chi connectivity index (χ1) is 8.01. The SMILES string of the molecule is CC1OCCC1(O)CNC(=O)C1C=CC(N)C1. The number of aliphatic hydroxyl groups is 1. The Hall–Kier alpha value is -0.910. The van der Waals surface area contributed by atoms with Crippen molar-refractivity contribution >= 4 is 5.91 Å². The zero-order valence-electron chi connectivity index (χ0n) is 10.1. The van der Waals surface area contributed by atoms with Gasteiger partial charge < -0.3 is 20.9 Å². The second kappa shape index (κ2) is 4.76. The van der Waals surface area contributed by atoms with E-state index >= 15 is 0 Å². The van der Waals surface area contributed by atoms with Crippen LogP contribution in [-0.2, 0) is 9.53 Å². The summed E-state index contributed by atoms with van der Waals surface area (Å²) in [5.74, 6) is -0.229. The Morgan fingerprint density at radius 2 is 2.41 bits per heavy atom. The van der Waals surface area contributed by atoms with Crippen LogP contribution < -0.4 is 11.1 Å². The molecule has 1 aliphatic heterocycles. The zero-order valence-corrected chi connectivity index (χ0v) is 10.1. The number of carbonyl (C=O) groups is 1. The first kappa shape index (κ1) is 12.5. The Morgan fingerprint density at radius 1 is 1.65 bits per heavy atom. The van der Waals surface area contributed by atoms with Gasteiger partial charge in [-0.25, -0.2) is 0 Å². The third kappa shape index (κ3) is 2.68. The van der Waals surface area contributed by atoms with E-state index in [1.165, 1.54) is 0 Å². The lowest BCUT2D eigenvalue weighted by Gasteiger charge is -2.26. The molecule has 0 aromatic heterocycles. The number of nitrogens with one attached hydrogen (secondary N) is 1. The average Bonchev–Trinajstić information content (AvgIpc) is 2.84. The highest BCUT2D eigenvalue weighted by Gasteiger charge is 2.40. The number of hydrogen-bond donors (Lipinski definition) is 3. The van der Waals surface area contributed by atoms with Crippen molar-refractivity contribution in [3.8, 4) is 0 Å². The molecule has 0 bridgehead atoms. The van der Waals surface area contributed by atoms with Gasteiger partial charge in [-0.3, -0.25) is 4.79 Å². The molecule has 5 nitrogen and oxygen atoms in total. The molecule has 4 unspecified atom stereocenters.